The van der Waals surface area contributed by atoms with Crippen LogP contribution < -0.4 is 5.06 Å². The van der Waals surface area contributed by atoms with Gasteiger partial charge in [-0.3, -0.25) is 0 Å². The van der Waals surface area contributed by atoms with Crippen LogP contribution >= 0.6 is 0 Å². The fraction of sp³-hybridized carbons (Fsp3) is 0.381. The fourth-order valence-electron chi connectivity index (χ4n) is 2.58. The van der Waals surface area contributed by atoms with Gasteiger partial charge in [0.05, 0.1) is 5.56 Å². The van der Waals surface area contributed by atoms with E-state index in [1.165, 1.54) is 12.1 Å². The minimum absolute atomic E-state index is 0.176. The molecule has 0 fully saturated rings. The Hall–Kier alpha value is -2.73. The Morgan fingerprint density at radius 3 is 1.96 bits per heavy atom. The summed E-state index contributed by atoms with van der Waals surface area (Å²) < 4.78 is 0.877. The number of hydroxylamine groups is 1. The van der Waals surface area contributed by atoms with E-state index in [4.69, 9.17) is 5.11 Å². The fourth-order valence-corrected chi connectivity index (χ4v) is 2.58. The van der Waals surface area contributed by atoms with Crippen LogP contribution in [-0.4, -0.2) is 26.9 Å². The van der Waals surface area contributed by atoms with Crippen LogP contribution in [0.4, 0.5) is 11.4 Å². The van der Waals surface area contributed by atoms with Gasteiger partial charge in [0.1, 0.15) is 0 Å². The second kappa shape index (κ2) is 7.12. The van der Waals surface area contributed by atoms with E-state index in [9.17, 15) is 14.9 Å². The van der Waals surface area contributed by atoms with Crippen molar-refractivity contribution in [2.45, 2.75) is 52.6 Å². The molecule has 0 atom stereocenters. The van der Waals surface area contributed by atoms with E-state index in [0.29, 0.717) is 16.9 Å². The molecule has 0 aliphatic heterocycles. The molecule has 2 aromatic carbocycles. The Morgan fingerprint density at radius 1 is 0.963 bits per heavy atom. The van der Waals surface area contributed by atoms with Crippen molar-refractivity contribution >= 4 is 17.3 Å². The van der Waals surface area contributed by atoms with E-state index < -0.39 is 17.0 Å². The van der Waals surface area contributed by atoms with E-state index in [1.54, 1.807) is 71.9 Å². The zero-order chi connectivity index (χ0) is 20.6. The normalized spacial score (nSPS) is 12.0. The zero-order valence-corrected chi connectivity index (χ0v) is 16.6. The number of carboxylic acid groups (broad SMARTS) is 1. The first-order valence-corrected chi connectivity index (χ1v) is 8.74. The van der Waals surface area contributed by atoms with Crippen molar-refractivity contribution in [3.05, 3.63) is 58.1 Å². The van der Waals surface area contributed by atoms with Crippen LogP contribution in [0.5, 0.6) is 0 Å². The van der Waals surface area contributed by atoms with Crippen molar-refractivity contribution < 1.29 is 14.7 Å². The number of carbonyl (C=O) groups is 1. The monoisotopic (exact) mass is 370 g/mol. The standard InChI is InChI=1S/C21H26N2O4/c1-20(2,3)22(26)17-11-16(12-18(13-17)23(27)21(4,5)6)14-7-9-15(10-8-14)19(24)25/h7-13H,1-6H3,(H,24,25). The van der Waals surface area contributed by atoms with Crippen molar-refractivity contribution in [3.63, 3.8) is 0 Å². The number of rotatable bonds is 4. The molecule has 2 aromatic rings. The van der Waals surface area contributed by atoms with Gasteiger partial charge in [-0.1, -0.05) is 12.1 Å². The number of hydrogen-bond acceptors (Lipinski definition) is 4. The summed E-state index contributed by atoms with van der Waals surface area (Å²) in [5.74, 6) is -1.01. The van der Waals surface area contributed by atoms with Crippen LogP contribution in [0.15, 0.2) is 42.5 Å². The first-order chi connectivity index (χ1) is 12.3. The molecule has 144 valence electrons. The van der Waals surface area contributed by atoms with E-state index >= 15 is 0 Å². The Kier molecular flexibility index (Phi) is 5.42. The molecule has 6 heteroatoms. The number of benzene rings is 2. The van der Waals surface area contributed by atoms with Gasteiger partial charge in [-0.25, -0.2) is 4.79 Å². The zero-order valence-electron chi connectivity index (χ0n) is 16.6. The van der Waals surface area contributed by atoms with Gasteiger partial charge in [0, 0.05) is 53.8 Å². The van der Waals surface area contributed by atoms with E-state index in [2.05, 4.69) is 0 Å². The molecule has 0 aromatic heterocycles. The molecule has 0 saturated heterocycles. The molecule has 0 aliphatic carbocycles. The molecule has 0 aliphatic rings. The minimum atomic E-state index is -1.01. The molecule has 0 radical (unpaired) electrons. The molecule has 6 nitrogen and oxygen atoms in total. The number of aromatic carboxylic acids is 1. The lowest BCUT2D eigenvalue weighted by Crippen LogP contribution is -2.36. The van der Waals surface area contributed by atoms with Crippen molar-refractivity contribution in [2.75, 3.05) is 5.06 Å². The molecular formula is C21H26N2O4. The first kappa shape index (κ1) is 20.6. The maximum Gasteiger partial charge on any atom is 0.335 e. The van der Waals surface area contributed by atoms with Gasteiger partial charge in [0.25, 0.3) is 5.69 Å². The lowest BCUT2D eigenvalue weighted by Gasteiger charge is -2.43. The summed E-state index contributed by atoms with van der Waals surface area (Å²) in [7, 11) is 0. The summed E-state index contributed by atoms with van der Waals surface area (Å²) in [6.07, 6.45) is 0. The number of anilines is 1. The van der Waals surface area contributed by atoms with E-state index in [0.717, 1.165) is 15.4 Å². The summed E-state index contributed by atoms with van der Waals surface area (Å²) in [4.78, 5) is 23.8. The van der Waals surface area contributed by atoms with Crippen LogP contribution in [0, 0.1) is 10.1 Å². The highest BCUT2D eigenvalue weighted by Gasteiger charge is 2.32. The van der Waals surface area contributed by atoms with E-state index in [-0.39, 0.29) is 5.56 Å². The summed E-state index contributed by atoms with van der Waals surface area (Å²) in [5.41, 5.74) is 0.999. The Balaban J connectivity index is 2.62. The van der Waals surface area contributed by atoms with Crippen molar-refractivity contribution in [2.24, 2.45) is 0 Å². The Morgan fingerprint density at radius 2 is 1.52 bits per heavy atom. The Bertz CT molecular complexity index is 859. The molecule has 0 heterocycles. The van der Waals surface area contributed by atoms with Crippen LogP contribution in [0.1, 0.15) is 51.9 Å². The number of nitrogens with zero attached hydrogens (tertiary/aromatic N) is 2. The molecule has 0 amide bonds. The molecule has 0 bridgehead atoms. The molecule has 2 rings (SSSR count). The third-order valence-electron chi connectivity index (χ3n) is 4.06. The highest BCUT2D eigenvalue weighted by molar-refractivity contribution is 5.88. The summed E-state index contributed by atoms with van der Waals surface area (Å²) in [5, 5.41) is 22.7. The van der Waals surface area contributed by atoms with Gasteiger partial charge in [0.2, 0.25) is 5.54 Å². The first-order valence-electron chi connectivity index (χ1n) is 8.74. The summed E-state index contributed by atoms with van der Waals surface area (Å²) in [6.45, 7) is 10.8. The lowest BCUT2D eigenvalue weighted by molar-refractivity contribution is -0.540. The third-order valence-corrected chi connectivity index (χ3v) is 4.06. The lowest BCUT2D eigenvalue weighted by atomic mass is 10.00. The number of carboxylic acids is 1. The molecule has 0 spiro atoms. The number of nitroso groups, excluding NO2 is 1. The van der Waals surface area contributed by atoms with Gasteiger partial charge >= 0.3 is 5.97 Å². The maximum atomic E-state index is 12.7. The van der Waals surface area contributed by atoms with Crippen LogP contribution in [-0.2, 0) is 0 Å². The number of hydrogen-bond donors (Lipinski definition) is 1. The minimum Gasteiger partial charge on any atom is -0.758 e. The van der Waals surface area contributed by atoms with Gasteiger partial charge in [-0.2, -0.15) is 0 Å². The molecule has 1 N–H and O–H groups in total. The molecule has 0 unspecified atom stereocenters. The predicted octanol–water partition coefficient (Wildman–Crippen LogP) is 5.36. The summed E-state index contributed by atoms with van der Waals surface area (Å²) >= 11 is 0. The average Bonchev–Trinajstić information content (AvgIpc) is 2.58. The van der Waals surface area contributed by atoms with Crippen molar-refractivity contribution in [1.29, 1.82) is 0 Å². The van der Waals surface area contributed by atoms with Gasteiger partial charge in [-0.05, 0) is 50.1 Å². The van der Waals surface area contributed by atoms with Crippen LogP contribution in [0.2, 0.25) is 0 Å². The van der Waals surface area contributed by atoms with Crippen molar-refractivity contribution in [1.82, 2.24) is 0 Å². The Labute approximate surface area is 159 Å². The van der Waals surface area contributed by atoms with Crippen molar-refractivity contribution in [3.8, 4) is 11.1 Å². The van der Waals surface area contributed by atoms with Gasteiger partial charge in [0.15, 0.2) is 0 Å². The quantitative estimate of drug-likeness (QED) is 0.578. The highest BCUT2D eigenvalue weighted by atomic mass is 16.5. The second-order valence-electron chi connectivity index (χ2n) is 8.55. The third kappa shape index (κ3) is 4.71. The smallest absolute Gasteiger partial charge is 0.335 e. The van der Waals surface area contributed by atoms with Gasteiger partial charge < -0.3 is 15.4 Å². The van der Waals surface area contributed by atoms with Crippen LogP contribution in [0.3, 0.4) is 0 Å². The highest BCUT2D eigenvalue weighted by Crippen LogP contribution is 2.34. The molecule has 27 heavy (non-hydrogen) atoms. The topological polar surface area (TPSA) is 83.7 Å². The summed E-state index contributed by atoms with van der Waals surface area (Å²) in [6, 6.07) is 11.4. The molecule has 0 saturated carbocycles. The molecular weight excluding hydrogens is 344 g/mol. The predicted molar refractivity (Wildman–Crippen MR) is 107 cm³/mol. The van der Waals surface area contributed by atoms with Crippen LogP contribution in [0.25, 0.3) is 11.1 Å². The average molecular weight is 370 g/mol. The van der Waals surface area contributed by atoms with E-state index in [1.807, 2.05) is 0 Å². The van der Waals surface area contributed by atoms with Gasteiger partial charge in [-0.15, -0.1) is 0 Å². The maximum absolute atomic E-state index is 12.7. The SMILES string of the molecule is CC(C)(C)N([O-])c1cc(-c2ccc(C(=O)O)cc2)cc([N+](=O)C(C)(C)C)c1. The second-order valence-corrected chi connectivity index (χ2v) is 8.55. The largest absolute Gasteiger partial charge is 0.758 e.